The van der Waals surface area contributed by atoms with Crippen LogP contribution in [-0.4, -0.2) is 44.1 Å². The highest BCUT2D eigenvalue weighted by atomic mass is 19.4. The molecule has 1 aliphatic heterocycles. The topological polar surface area (TPSA) is 77.1 Å². The molecule has 1 atom stereocenters. The van der Waals surface area contributed by atoms with Gasteiger partial charge in [-0.25, -0.2) is 4.79 Å². The number of amides is 1. The summed E-state index contributed by atoms with van der Waals surface area (Å²) < 4.78 is 56.8. The number of hydrogen-bond acceptors (Lipinski definition) is 6. The molecule has 1 fully saturated rings. The Labute approximate surface area is 219 Å². The van der Waals surface area contributed by atoms with Gasteiger partial charge in [0, 0.05) is 23.9 Å². The van der Waals surface area contributed by atoms with E-state index in [0.717, 1.165) is 11.6 Å². The Bertz CT molecular complexity index is 1230. The van der Waals surface area contributed by atoms with Gasteiger partial charge in [-0.05, 0) is 48.9 Å². The van der Waals surface area contributed by atoms with Crippen molar-refractivity contribution in [3.05, 3.63) is 95.6 Å². The van der Waals surface area contributed by atoms with Crippen molar-refractivity contribution < 1.29 is 37.0 Å². The standard InChI is InChI=1S/C28H29F3N2O5/c1-5-32-26(24-9-7-6-8-10-25(24)28(29,30)31)14-21-11-12-22(13-18(21)2)33-15-23(38-27(33)35)17-36-19(3)16-37-20(4)34/h5,7-14,23,32H,1,3,6,15-17H2,2,4H3/b26-14-. The van der Waals surface area contributed by atoms with Crippen LogP contribution in [0.1, 0.15) is 24.5 Å². The van der Waals surface area contributed by atoms with Gasteiger partial charge >= 0.3 is 18.2 Å². The third-order valence-electron chi connectivity index (χ3n) is 5.63. The number of hydrogen-bond donors (Lipinski definition) is 1. The summed E-state index contributed by atoms with van der Waals surface area (Å²) in [5.74, 6) is -0.234. The van der Waals surface area contributed by atoms with E-state index in [4.69, 9.17) is 14.2 Å². The second-order valence-electron chi connectivity index (χ2n) is 8.56. The normalized spacial score (nSPS) is 17.7. The lowest BCUT2D eigenvalue weighted by Gasteiger charge is -2.17. The lowest BCUT2D eigenvalue weighted by Crippen LogP contribution is -2.26. The molecule has 202 valence electrons. The van der Waals surface area contributed by atoms with Crippen LogP contribution >= 0.6 is 0 Å². The van der Waals surface area contributed by atoms with Crippen molar-refractivity contribution in [1.29, 1.82) is 0 Å². The van der Waals surface area contributed by atoms with E-state index in [1.807, 2.05) is 0 Å². The van der Waals surface area contributed by atoms with Crippen LogP contribution in [0.3, 0.4) is 0 Å². The van der Waals surface area contributed by atoms with E-state index in [-0.39, 0.29) is 36.8 Å². The van der Waals surface area contributed by atoms with Crippen molar-refractivity contribution in [2.24, 2.45) is 0 Å². The highest BCUT2D eigenvalue weighted by Crippen LogP contribution is 2.34. The Morgan fingerprint density at radius 3 is 2.66 bits per heavy atom. The van der Waals surface area contributed by atoms with E-state index < -0.39 is 29.9 Å². The number of rotatable bonds is 10. The highest BCUT2D eigenvalue weighted by Gasteiger charge is 2.35. The van der Waals surface area contributed by atoms with Crippen LogP contribution < -0.4 is 10.2 Å². The van der Waals surface area contributed by atoms with Crippen molar-refractivity contribution in [2.75, 3.05) is 24.7 Å². The highest BCUT2D eigenvalue weighted by molar-refractivity contribution is 5.90. The van der Waals surface area contributed by atoms with Gasteiger partial charge in [-0.1, -0.05) is 43.5 Å². The lowest BCUT2D eigenvalue weighted by atomic mass is 10.00. The number of nitrogens with zero attached hydrogens (tertiary/aromatic N) is 1. The average molecular weight is 531 g/mol. The summed E-state index contributed by atoms with van der Waals surface area (Å²) in [5, 5.41) is 2.83. The summed E-state index contributed by atoms with van der Waals surface area (Å²) in [6.45, 7) is 10.5. The minimum absolute atomic E-state index is 0.00382. The molecule has 1 aliphatic carbocycles. The number of esters is 1. The van der Waals surface area contributed by atoms with Gasteiger partial charge in [-0.2, -0.15) is 13.2 Å². The minimum Gasteiger partial charge on any atom is -0.491 e. The fourth-order valence-electron chi connectivity index (χ4n) is 3.82. The predicted molar refractivity (Wildman–Crippen MR) is 138 cm³/mol. The lowest BCUT2D eigenvalue weighted by molar-refractivity contribution is -0.141. The SMILES string of the molecule is C=CN/C(=C\c1ccc(N2CC(COC(=C)COC(C)=O)OC2=O)cc1C)C1=C(C(F)(F)F)C=CCC=C1. The number of carbonyl (C=O) groups excluding carboxylic acids is 2. The molecule has 3 rings (SSSR count). The first-order valence-electron chi connectivity index (χ1n) is 11.8. The Balaban J connectivity index is 1.79. The summed E-state index contributed by atoms with van der Waals surface area (Å²) in [6, 6.07) is 5.16. The third-order valence-corrected chi connectivity index (χ3v) is 5.63. The van der Waals surface area contributed by atoms with Crippen LogP contribution in [0.5, 0.6) is 0 Å². The quantitative estimate of drug-likeness (QED) is 0.302. The molecule has 0 aromatic heterocycles. The van der Waals surface area contributed by atoms with Crippen LogP contribution in [-0.2, 0) is 19.0 Å². The maximum Gasteiger partial charge on any atom is 0.417 e. The van der Waals surface area contributed by atoms with Crippen molar-refractivity contribution in [3.63, 3.8) is 0 Å². The molecule has 1 aromatic rings. The number of anilines is 1. The monoisotopic (exact) mass is 530 g/mol. The molecule has 0 saturated carbocycles. The summed E-state index contributed by atoms with van der Waals surface area (Å²) in [7, 11) is 0. The van der Waals surface area contributed by atoms with E-state index in [0.29, 0.717) is 17.7 Å². The van der Waals surface area contributed by atoms with Crippen LogP contribution in [0, 0.1) is 6.92 Å². The van der Waals surface area contributed by atoms with E-state index in [1.54, 1.807) is 37.3 Å². The fraction of sp³-hybridized carbons (Fsp3) is 0.286. The molecule has 1 saturated heterocycles. The van der Waals surface area contributed by atoms with Crippen molar-refractivity contribution in [1.82, 2.24) is 5.32 Å². The minimum atomic E-state index is -4.54. The maximum absolute atomic E-state index is 13.7. The number of halogens is 3. The van der Waals surface area contributed by atoms with Gasteiger partial charge in [-0.3, -0.25) is 9.69 Å². The number of aryl methyl sites for hydroxylation is 1. The average Bonchev–Trinajstić information content (AvgIpc) is 3.04. The van der Waals surface area contributed by atoms with Crippen molar-refractivity contribution in [2.45, 2.75) is 32.5 Å². The molecule has 38 heavy (non-hydrogen) atoms. The van der Waals surface area contributed by atoms with Gasteiger partial charge in [0.2, 0.25) is 0 Å². The first kappa shape index (κ1) is 28.4. The second-order valence-corrected chi connectivity index (χ2v) is 8.56. The Morgan fingerprint density at radius 2 is 2.00 bits per heavy atom. The Hall–Kier alpha value is -4.21. The molecule has 1 heterocycles. The molecular weight excluding hydrogens is 501 g/mol. The number of alkyl halides is 3. The summed E-state index contributed by atoms with van der Waals surface area (Å²) in [4.78, 5) is 24.8. The smallest absolute Gasteiger partial charge is 0.417 e. The van der Waals surface area contributed by atoms with E-state index in [1.165, 1.54) is 30.2 Å². The van der Waals surface area contributed by atoms with Gasteiger partial charge in [0.05, 0.1) is 12.1 Å². The summed E-state index contributed by atoms with van der Waals surface area (Å²) in [5.41, 5.74) is 1.42. The van der Waals surface area contributed by atoms with Gasteiger partial charge in [0.15, 0.2) is 6.10 Å². The third kappa shape index (κ3) is 7.41. The van der Waals surface area contributed by atoms with E-state index in [9.17, 15) is 22.8 Å². The molecule has 1 amide bonds. The second kappa shape index (κ2) is 12.4. The fourth-order valence-corrected chi connectivity index (χ4v) is 3.82. The van der Waals surface area contributed by atoms with Crippen LogP contribution in [0.2, 0.25) is 0 Å². The molecule has 1 N–H and O–H groups in total. The Morgan fingerprint density at radius 1 is 1.26 bits per heavy atom. The first-order chi connectivity index (χ1) is 18.0. The Kier molecular flexibility index (Phi) is 9.22. The zero-order chi connectivity index (χ0) is 27.9. The van der Waals surface area contributed by atoms with Gasteiger partial charge in [-0.15, -0.1) is 0 Å². The summed E-state index contributed by atoms with van der Waals surface area (Å²) >= 11 is 0. The molecule has 1 aromatic carbocycles. The molecular formula is C28H29F3N2O5. The number of cyclic esters (lactones) is 1. The molecule has 0 bridgehead atoms. The zero-order valence-electron chi connectivity index (χ0n) is 21.1. The van der Waals surface area contributed by atoms with Crippen molar-refractivity contribution in [3.8, 4) is 0 Å². The predicted octanol–water partition coefficient (Wildman–Crippen LogP) is 5.86. The first-order valence-corrected chi connectivity index (χ1v) is 11.8. The van der Waals surface area contributed by atoms with Crippen LogP contribution in [0.4, 0.5) is 23.7 Å². The molecule has 2 aliphatic rings. The molecule has 1 unspecified atom stereocenters. The number of nitrogens with one attached hydrogen (secondary N) is 1. The largest absolute Gasteiger partial charge is 0.491 e. The van der Waals surface area contributed by atoms with Gasteiger partial charge < -0.3 is 19.5 Å². The summed E-state index contributed by atoms with van der Waals surface area (Å²) in [6.07, 6.45) is 3.29. The maximum atomic E-state index is 13.7. The van der Waals surface area contributed by atoms with Gasteiger partial charge in [0.1, 0.15) is 19.0 Å². The number of benzene rings is 1. The van der Waals surface area contributed by atoms with E-state index >= 15 is 0 Å². The number of ether oxygens (including phenoxy) is 3. The molecule has 0 spiro atoms. The van der Waals surface area contributed by atoms with E-state index in [2.05, 4.69) is 18.5 Å². The molecule has 10 heteroatoms. The zero-order valence-corrected chi connectivity index (χ0v) is 21.1. The molecule has 0 radical (unpaired) electrons. The number of allylic oxidation sites excluding steroid dienone is 5. The van der Waals surface area contributed by atoms with Crippen molar-refractivity contribution >= 4 is 23.8 Å². The van der Waals surface area contributed by atoms with Gasteiger partial charge in [0.25, 0.3) is 0 Å². The number of carbonyl (C=O) groups is 2. The van der Waals surface area contributed by atoms with Crippen LogP contribution in [0.15, 0.2) is 84.5 Å². The van der Waals surface area contributed by atoms with Crippen LogP contribution in [0.25, 0.3) is 6.08 Å². The molecule has 7 nitrogen and oxygen atoms in total.